The van der Waals surface area contributed by atoms with Gasteiger partial charge in [0.15, 0.2) is 0 Å². The predicted octanol–water partition coefficient (Wildman–Crippen LogP) is 2.41. The van der Waals surface area contributed by atoms with Gasteiger partial charge in [-0.2, -0.15) is 5.26 Å². The van der Waals surface area contributed by atoms with E-state index in [1.807, 2.05) is 0 Å². The Morgan fingerprint density at radius 1 is 1.29 bits per heavy atom. The number of nitrogens with zero attached hydrogens (tertiary/aromatic N) is 1. The van der Waals surface area contributed by atoms with Gasteiger partial charge in [-0.3, -0.25) is 0 Å². The minimum Gasteiger partial charge on any atom is -0.211 e. The Morgan fingerprint density at radius 2 is 1.90 bits per heavy atom. The molecule has 0 aliphatic heterocycles. The molecule has 0 heterocycles. The summed E-state index contributed by atoms with van der Waals surface area (Å²) < 4.78 is 40.8. The molecule has 2 aliphatic rings. The Bertz CT molecular complexity index is 676. The molecule has 0 unspecified atom stereocenters. The minimum absolute atomic E-state index is 0.268. The van der Waals surface area contributed by atoms with Crippen LogP contribution < -0.4 is 4.72 Å². The van der Waals surface area contributed by atoms with Gasteiger partial charge < -0.3 is 0 Å². The third kappa shape index (κ3) is 3.09. The molecular weight excluding hydrogens is 291 g/mol. The molecule has 2 fully saturated rings. The van der Waals surface area contributed by atoms with Gasteiger partial charge in [0.05, 0.1) is 0 Å². The molecular formula is C15H17FN2O2S. The van der Waals surface area contributed by atoms with Crippen LogP contribution in [0.1, 0.15) is 31.2 Å². The summed E-state index contributed by atoms with van der Waals surface area (Å²) in [6.45, 7) is 0.388. The van der Waals surface area contributed by atoms with Crippen LogP contribution in [0, 0.1) is 34.9 Å². The van der Waals surface area contributed by atoms with Gasteiger partial charge in [0.25, 0.3) is 0 Å². The van der Waals surface area contributed by atoms with E-state index in [0.717, 1.165) is 6.07 Å². The fourth-order valence-corrected chi connectivity index (χ4v) is 4.12. The number of halogens is 1. The second-order valence-corrected chi connectivity index (χ2v) is 7.65. The first-order valence-electron chi connectivity index (χ1n) is 7.21. The van der Waals surface area contributed by atoms with Gasteiger partial charge in [0, 0.05) is 6.54 Å². The molecule has 0 spiro atoms. The van der Waals surface area contributed by atoms with Gasteiger partial charge in [-0.1, -0.05) is 6.07 Å². The van der Waals surface area contributed by atoms with Gasteiger partial charge >= 0.3 is 0 Å². The molecule has 0 radical (unpaired) electrons. The molecule has 2 aliphatic carbocycles. The van der Waals surface area contributed by atoms with E-state index in [9.17, 15) is 12.8 Å². The minimum atomic E-state index is -3.84. The van der Waals surface area contributed by atoms with Crippen molar-refractivity contribution in [3.05, 3.63) is 29.6 Å². The van der Waals surface area contributed by atoms with Crippen LogP contribution in [0.3, 0.4) is 0 Å². The second-order valence-electron chi connectivity index (χ2n) is 5.92. The van der Waals surface area contributed by atoms with Crippen LogP contribution in [-0.2, 0) is 10.0 Å². The average molecular weight is 308 g/mol. The lowest BCUT2D eigenvalue weighted by atomic mass is 9.99. The molecule has 1 aromatic carbocycles. The molecule has 3 rings (SSSR count). The maximum Gasteiger partial charge on any atom is 0.242 e. The Balaban J connectivity index is 1.77. The molecule has 0 amide bonds. The maximum atomic E-state index is 13.5. The topological polar surface area (TPSA) is 70.0 Å². The molecule has 6 heteroatoms. The van der Waals surface area contributed by atoms with Crippen molar-refractivity contribution in [1.82, 2.24) is 4.72 Å². The Labute approximate surface area is 124 Å². The van der Waals surface area contributed by atoms with Crippen molar-refractivity contribution >= 4 is 10.0 Å². The quantitative estimate of drug-likeness (QED) is 0.877. The highest BCUT2D eigenvalue weighted by molar-refractivity contribution is 7.89. The monoisotopic (exact) mass is 308 g/mol. The Hall–Kier alpha value is -1.45. The van der Waals surface area contributed by atoms with E-state index >= 15 is 0 Å². The van der Waals surface area contributed by atoms with E-state index in [4.69, 9.17) is 5.26 Å². The van der Waals surface area contributed by atoms with Crippen molar-refractivity contribution < 1.29 is 12.8 Å². The van der Waals surface area contributed by atoms with Crippen LogP contribution in [0.25, 0.3) is 0 Å². The Kier molecular flexibility index (Phi) is 3.72. The summed E-state index contributed by atoms with van der Waals surface area (Å²) in [4.78, 5) is -0.268. The number of rotatable bonds is 6. The normalized spacial score (nSPS) is 18.7. The van der Waals surface area contributed by atoms with Gasteiger partial charge in [0.2, 0.25) is 10.0 Å². The van der Waals surface area contributed by atoms with E-state index in [2.05, 4.69) is 4.72 Å². The SMILES string of the molecule is N#Cc1c(F)cccc1S(=O)(=O)NCC(C1CC1)C1CC1. The summed E-state index contributed by atoms with van der Waals surface area (Å²) in [5.74, 6) is 0.839. The molecule has 0 bridgehead atoms. The number of sulfonamides is 1. The smallest absolute Gasteiger partial charge is 0.211 e. The summed E-state index contributed by atoms with van der Waals surface area (Å²) in [5, 5.41) is 8.95. The van der Waals surface area contributed by atoms with E-state index in [1.54, 1.807) is 6.07 Å². The number of nitriles is 1. The average Bonchev–Trinajstić information content (AvgIpc) is 3.32. The van der Waals surface area contributed by atoms with Gasteiger partial charge in [-0.25, -0.2) is 17.5 Å². The molecule has 0 saturated heterocycles. The van der Waals surface area contributed by atoms with Crippen molar-refractivity contribution in [2.75, 3.05) is 6.54 Å². The van der Waals surface area contributed by atoms with Crippen molar-refractivity contribution in [3.8, 4) is 6.07 Å². The molecule has 2 saturated carbocycles. The molecule has 0 atom stereocenters. The summed E-state index contributed by atoms with van der Waals surface area (Å²) >= 11 is 0. The molecule has 1 N–H and O–H groups in total. The molecule has 0 aromatic heterocycles. The van der Waals surface area contributed by atoms with Crippen LogP contribution >= 0.6 is 0 Å². The lowest BCUT2D eigenvalue weighted by Gasteiger charge is -2.16. The fraction of sp³-hybridized carbons (Fsp3) is 0.533. The standard InChI is InChI=1S/C15H17FN2O2S/c16-14-2-1-3-15(12(14)8-17)21(19,20)18-9-13(10-4-5-10)11-6-7-11/h1-3,10-11,13,18H,4-7,9H2. The van der Waals surface area contributed by atoms with Crippen LogP contribution in [0.15, 0.2) is 23.1 Å². The lowest BCUT2D eigenvalue weighted by Crippen LogP contribution is -2.31. The van der Waals surface area contributed by atoms with Crippen LogP contribution in [0.2, 0.25) is 0 Å². The van der Waals surface area contributed by atoms with Gasteiger partial charge in [0.1, 0.15) is 22.3 Å². The first-order valence-corrected chi connectivity index (χ1v) is 8.69. The molecule has 112 valence electrons. The van der Waals surface area contributed by atoms with Gasteiger partial charge in [-0.15, -0.1) is 0 Å². The van der Waals surface area contributed by atoms with E-state index in [1.165, 1.54) is 37.8 Å². The molecule has 1 aromatic rings. The van der Waals surface area contributed by atoms with Crippen molar-refractivity contribution in [1.29, 1.82) is 5.26 Å². The zero-order chi connectivity index (χ0) is 15.0. The summed E-state index contributed by atoms with van der Waals surface area (Å²) in [5.41, 5.74) is -0.417. The van der Waals surface area contributed by atoms with E-state index in [-0.39, 0.29) is 4.90 Å². The maximum absolute atomic E-state index is 13.5. The van der Waals surface area contributed by atoms with Crippen molar-refractivity contribution in [3.63, 3.8) is 0 Å². The number of benzene rings is 1. The number of hydrogen-bond acceptors (Lipinski definition) is 3. The van der Waals surface area contributed by atoms with E-state index in [0.29, 0.717) is 24.3 Å². The Morgan fingerprint density at radius 3 is 2.43 bits per heavy atom. The third-order valence-electron chi connectivity index (χ3n) is 4.34. The van der Waals surface area contributed by atoms with Gasteiger partial charge in [-0.05, 0) is 55.6 Å². The number of nitrogens with one attached hydrogen (secondary N) is 1. The molecule has 4 nitrogen and oxygen atoms in total. The van der Waals surface area contributed by atoms with Crippen LogP contribution in [-0.4, -0.2) is 15.0 Å². The van der Waals surface area contributed by atoms with Crippen LogP contribution in [0.5, 0.6) is 0 Å². The highest BCUT2D eigenvalue weighted by atomic mass is 32.2. The van der Waals surface area contributed by atoms with Crippen molar-refractivity contribution in [2.45, 2.75) is 30.6 Å². The fourth-order valence-electron chi connectivity index (χ4n) is 2.89. The zero-order valence-corrected chi connectivity index (χ0v) is 12.4. The summed E-state index contributed by atoms with van der Waals surface area (Å²) in [7, 11) is -3.84. The number of hydrogen-bond donors (Lipinski definition) is 1. The third-order valence-corrected chi connectivity index (χ3v) is 5.81. The first-order chi connectivity index (χ1) is 10.0. The predicted molar refractivity (Wildman–Crippen MR) is 75.2 cm³/mol. The lowest BCUT2D eigenvalue weighted by molar-refractivity contribution is 0.401. The second kappa shape index (κ2) is 5.39. The first kappa shape index (κ1) is 14.5. The zero-order valence-electron chi connectivity index (χ0n) is 11.5. The highest BCUT2D eigenvalue weighted by Crippen LogP contribution is 2.48. The molecule has 21 heavy (non-hydrogen) atoms. The van der Waals surface area contributed by atoms with Crippen LogP contribution in [0.4, 0.5) is 4.39 Å². The largest absolute Gasteiger partial charge is 0.242 e. The van der Waals surface area contributed by atoms with E-state index < -0.39 is 21.4 Å². The highest BCUT2D eigenvalue weighted by Gasteiger charge is 2.41. The summed E-state index contributed by atoms with van der Waals surface area (Å²) in [6.07, 6.45) is 4.69. The van der Waals surface area contributed by atoms with Crippen molar-refractivity contribution in [2.24, 2.45) is 17.8 Å². The summed E-state index contributed by atoms with van der Waals surface area (Å²) in [6, 6.07) is 5.31.